The Morgan fingerprint density at radius 1 is 0.973 bits per heavy atom. The van der Waals surface area contributed by atoms with Gasteiger partial charge in [-0.3, -0.25) is 4.79 Å². The summed E-state index contributed by atoms with van der Waals surface area (Å²) in [6.07, 6.45) is -3.04. The van der Waals surface area contributed by atoms with Crippen LogP contribution in [0.4, 0.5) is 13.2 Å². The van der Waals surface area contributed by atoms with Crippen molar-refractivity contribution in [2.75, 3.05) is 0 Å². The third-order valence-corrected chi connectivity index (χ3v) is 5.85. The fraction of sp³-hybridized carbons (Fsp3) is 0.148. The van der Waals surface area contributed by atoms with Gasteiger partial charge >= 0.3 is 12.1 Å². The van der Waals surface area contributed by atoms with Gasteiger partial charge in [0.1, 0.15) is 5.69 Å². The summed E-state index contributed by atoms with van der Waals surface area (Å²) in [7, 11) is 1.80. The van der Waals surface area contributed by atoms with Crippen molar-refractivity contribution in [2.24, 2.45) is 12.8 Å². The molecular weight excluding hydrogens is 485 g/mol. The van der Waals surface area contributed by atoms with Crippen LogP contribution in [0.3, 0.4) is 0 Å². The molecule has 0 saturated heterocycles. The molecule has 2 heterocycles. The largest absolute Gasteiger partial charge is 0.490 e. The SMILES string of the molecule is Cn1c(=O)c(-c2cn(Cc3cccc(CN)c3)c3ccccc23)nc2ccccc21.O=C(O)C(F)(F)F. The molecule has 10 heteroatoms. The van der Waals surface area contributed by atoms with Crippen LogP contribution in [-0.4, -0.2) is 31.4 Å². The molecule has 37 heavy (non-hydrogen) atoms. The summed E-state index contributed by atoms with van der Waals surface area (Å²) in [6, 6.07) is 24.2. The normalized spacial score (nSPS) is 11.4. The molecule has 0 unspecified atom stereocenters. The van der Waals surface area contributed by atoms with Gasteiger partial charge in [-0.05, 0) is 29.3 Å². The summed E-state index contributed by atoms with van der Waals surface area (Å²) >= 11 is 0. The summed E-state index contributed by atoms with van der Waals surface area (Å²) < 4.78 is 35.6. The molecule has 3 N–H and O–H groups in total. The maximum absolute atomic E-state index is 13.2. The lowest BCUT2D eigenvalue weighted by Gasteiger charge is -2.07. The van der Waals surface area contributed by atoms with Crippen LogP contribution in [0.25, 0.3) is 33.2 Å². The third kappa shape index (κ3) is 5.39. The van der Waals surface area contributed by atoms with Crippen LogP contribution in [0.2, 0.25) is 0 Å². The van der Waals surface area contributed by atoms with E-state index in [-0.39, 0.29) is 5.56 Å². The molecule has 0 bridgehead atoms. The van der Waals surface area contributed by atoms with Gasteiger partial charge in [-0.15, -0.1) is 0 Å². The molecule has 0 aliphatic heterocycles. The molecular formula is C27H23F3N4O3. The Hall–Kier alpha value is -4.44. The number of benzene rings is 3. The molecule has 3 aromatic carbocycles. The molecule has 2 aromatic heterocycles. The number of rotatable bonds is 4. The molecule has 0 fully saturated rings. The molecule has 5 aromatic rings. The van der Waals surface area contributed by atoms with Gasteiger partial charge in [0.25, 0.3) is 5.56 Å². The van der Waals surface area contributed by atoms with E-state index in [2.05, 4.69) is 22.8 Å². The van der Waals surface area contributed by atoms with Crippen LogP contribution in [0, 0.1) is 0 Å². The standard InChI is InChI=1S/C25H22N4O.C2HF3O2/c1-28-23-12-5-3-10-21(23)27-24(25(28)30)20-16-29(22-11-4-2-9-19(20)22)15-18-8-6-7-17(13-18)14-26;3-2(4,5)1(6)7/h2-13,16H,14-15,26H2,1H3;(H,6,7). The second-order valence-corrected chi connectivity index (χ2v) is 8.33. The fourth-order valence-corrected chi connectivity index (χ4v) is 4.07. The van der Waals surface area contributed by atoms with Gasteiger partial charge in [0.15, 0.2) is 0 Å². The number of aryl methyl sites for hydroxylation is 1. The first-order chi connectivity index (χ1) is 17.6. The first-order valence-electron chi connectivity index (χ1n) is 11.2. The molecule has 0 amide bonds. The van der Waals surface area contributed by atoms with Crippen molar-refractivity contribution >= 4 is 27.9 Å². The van der Waals surface area contributed by atoms with Gasteiger partial charge in [0.05, 0.1) is 11.0 Å². The summed E-state index contributed by atoms with van der Waals surface area (Å²) in [4.78, 5) is 26.8. The van der Waals surface area contributed by atoms with Gasteiger partial charge in [0, 0.05) is 42.8 Å². The average molecular weight is 509 g/mol. The fourth-order valence-electron chi connectivity index (χ4n) is 4.07. The van der Waals surface area contributed by atoms with Gasteiger partial charge in [-0.25, -0.2) is 9.78 Å². The van der Waals surface area contributed by atoms with Crippen molar-refractivity contribution in [1.29, 1.82) is 0 Å². The lowest BCUT2D eigenvalue weighted by Crippen LogP contribution is -2.21. The molecule has 0 aliphatic carbocycles. The summed E-state index contributed by atoms with van der Waals surface area (Å²) in [5, 5.41) is 8.15. The maximum Gasteiger partial charge on any atom is 0.490 e. The predicted molar refractivity (Wildman–Crippen MR) is 135 cm³/mol. The number of nitrogens with zero attached hydrogens (tertiary/aromatic N) is 3. The zero-order chi connectivity index (χ0) is 26.7. The number of hydrogen-bond donors (Lipinski definition) is 2. The summed E-state index contributed by atoms with van der Waals surface area (Å²) in [5.41, 5.74) is 12.0. The Labute approximate surface area is 209 Å². The minimum atomic E-state index is -5.08. The Bertz CT molecular complexity index is 1650. The van der Waals surface area contributed by atoms with E-state index in [0.29, 0.717) is 18.8 Å². The number of aliphatic carboxylic acids is 1. The van der Waals surface area contributed by atoms with E-state index in [1.54, 1.807) is 11.6 Å². The van der Waals surface area contributed by atoms with E-state index in [1.165, 1.54) is 5.56 Å². The number of carbonyl (C=O) groups is 1. The van der Waals surface area contributed by atoms with E-state index in [4.69, 9.17) is 20.6 Å². The van der Waals surface area contributed by atoms with Crippen molar-refractivity contribution in [3.05, 3.63) is 100 Å². The van der Waals surface area contributed by atoms with Crippen LogP contribution in [-0.2, 0) is 24.9 Å². The van der Waals surface area contributed by atoms with Gasteiger partial charge in [-0.1, -0.05) is 54.6 Å². The second kappa shape index (κ2) is 10.3. The van der Waals surface area contributed by atoms with Crippen LogP contribution >= 0.6 is 0 Å². The van der Waals surface area contributed by atoms with E-state index in [1.807, 2.05) is 60.8 Å². The van der Waals surface area contributed by atoms with Crippen molar-refractivity contribution in [3.8, 4) is 11.3 Å². The molecule has 7 nitrogen and oxygen atoms in total. The van der Waals surface area contributed by atoms with Crippen LogP contribution in [0.15, 0.2) is 83.8 Å². The quantitative estimate of drug-likeness (QED) is 0.367. The van der Waals surface area contributed by atoms with Crippen molar-refractivity contribution in [3.63, 3.8) is 0 Å². The molecule has 0 spiro atoms. The number of nitrogens with two attached hydrogens (primary N) is 1. The molecule has 190 valence electrons. The molecule has 0 radical (unpaired) electrons. The number of alkyl halides is 3. The lowest BCUT2D eigenvalue weighted by atomic mass is 10.1. The number of aromatic nitrogens is 3. The smallest absolute Gasteiger partial charge is 0.475 e. The highest BCUT2D eigenvalue weighted by atomic mass is 19.4. The first-order valence-corrected chi connectivity index (χ1v) is 11.2. The van der Waals surface area contributed by atoms with Crippen molar-refractivity contribution < 1.29 is 23.1 Å². The van der Waals surface area contributed by atoms with Crippen molar-refractivity contribution in [2.45, 2.75) is 19.3 Å². The number of para-hydroxylation sites is 3. The number of fused-ring (bicyclic) bond motifs is 2. The number of carboxylic acids is 1. The minimum Gasteiger partial charge on any atom is -0.475 e. The topological polar surface area (TPSA) is 103 Å². The maximum atomic E-state index is 13.2. The van der Waals surface area contributed by atoms with Gasteiger partial charge in [-0.2, -0.15) is 13.2 Å². The van der Waals surface area contributed by atoms with Crippen molar-refractivity contribution in [1.82, 2.24) is 14.1 Å². The molecule has 0 saturated carbocycles. The van der Waals surface area contributed by atoms with Gasteiger partial charge < -0.3 is 20.0 Å². The average Bonchev–Trinajstić information content (AvgIpc) is 3.24. The summed E-state index contributed by atoms with van der Waals surface area (Å²) in [6.45, 7) is 1.21. The second-order valence-electron chi connectivity index (χ2n) is 8.33. The Balaban J connectivity index is 0.000000405. The zero-order valence-electron chi connectivity index (χ0n) is 19.7. The first kappa shape index (κ1) is 25.6. The number of carboxylic acid groups (broad SMARTS) is 1. The predicted octanol–water partition coefficient (Wildman–Crippen LogP) is 4.70. The van der Waals surface area contributed by atoms with E-state index in [0.717, 1.165) is 33.1 Å². The lowest BCUT2D eigenvalue weighted by molar-refractivity contribution is -0.192. The Morgan fingerprint density at radius 3 is 2.27 bits per heavy atom. The van der Waals surface area contributed by atoms with Crippen LogP contribution in [0.1, 0.15) is 11.1 Å². The molecule has 0 atom stereocenters. The monoisotopic (exact) mass is 508 g/mol. The third-order valence-electron chi connectivity index (χ3n) is 5.85. The van der Waals surface area contributed by atoms with Crippen LogP contribution < -0.4 is 11.3 Å². The van der Waals surface area contributed by atoms with E-state index in [9.17, 15) is 18.0 Å². The Kier molecular flexibility index (Phi) is 7.12. The molecule has 5 rings (SSSR count). The van der Waals surface area contributed by atoms with Gasteiger partial charge in [0.2, 0.25) is 0 Å². The Morgan fingerprint density at radius 2 is 1.59 bits per heavy atom. The summed E-state index contributed by atoms with van der Waals surface area (Å²) in [5.74, 6) is -2.76. The highest BCUT2D eigenvalue weighted by Crippen LogP contribution is 2.29. The number of hydrogen-bond acceptors (Lipinski definition) is 4. The highest BCUT2D eigenvalue weighted by Gasteiger charge is 2.38. The van der Waals surface area contributed by atoms with E-state index < -0.39 is 12.1 Å². The number of halogens is 3. The van der Waals surface area contributed by atoms with E-state index >= 15 is 0 Å². The molecule has 0 aliphatic rings. The van der Waals surface area contributed by atoms with Crippen LogP contribution in [0.5, 0.6) is 0 Å². The zero-order valence-corrected chi connectivity index (χ0v) is 19.7. The minimum absolute atomic E-state index is 0.0956. The highest BCUT2D eigenvalue weighted by molar-refractivity contribution is 5.96.